The number of nitrogen functional groups attached to an aromatic ring is 1. The minimum absolute atomic E-state index is 0.0601. The Kier molecular flexibility index (Phi) is 2.81. The van der Waals surface area contributed by atoms with Gasteiger partial charge in [-0.3, -0.25) is 0 Å². The van der Waals surface area contributed by atoms with E-state index in [1.807, 2.05) is 0 Å². The third-order valence-electron chi connectivity index (χ3n) is 2.50. The number of nitrogens with zero attached hydrogens (tertiary/aromatic N) is 1. The average Bonchev–Trinajstić information content (AvgIpc) is 1.99. The summed E-state index contributed by atoms with van der Waals surface area (Å²) in [6.07, 6.45) is 0. The predicted octanol–water partition coefficient (Wildman–Crippen LogP) is 3.26. The quantitative estimate of drug-likeness (QED) is 0.707. The number of aromatic nitrogens is 1. The fourth-order valence-corrected chi connectivity index (χ4v) is 1.53. The molecule has 2 heteroatoms. The highest BCUT2D eigenvalue weighted by molar-refractivity contribution is 5.45. The third-order valence-corrected chi connectivity index (χ3v) is 2.50. The lowest BCUT2D eigenvalue weighted by atomic mass is 9.85. The van der Waals surface area contributed by atoms with E-state index in [1.54, 1.807) is 0 Å². The fourth-order valence-electron chi connectivity index (χ4n) is 1.53. The summed E-state index contributed by atoms with van der Waals surface area (Å²) in [7, 11) is 0. The molecule has 0 saturated heterocycles. The van der Waals surface area contributed by atoms with Crippen molar-refractivity contribution in [1.82, 2.24) is 4.98 Å². The van der Waals surface area contributed by atoms with Crippen LogP contribution in [0.1, 0.15) is 52.8 Å². The number of nitrogens with two attached hydrogens (primary N) is 1. The molecule has 1 rings (SSSR count). The molecule has 0 spiro atoms. The molecule has 0 aliphatic carbocycles. The Morgan fingerprint density at radius 2 is 1.47 bits per heavy atom. The van der Waals surface area contributed by atoms with Gasteiger partial charge in [0.2, 0.25) is 0 Å². The van der Waals surface area contributed by atoms with Gasteiger partial charge in [0.05, 0.1) is 0 Å². The van der Waals surface area contributed by atoms with E-state index in [1.165, 1.54) is 0 Å². The molecule has 0 radical (unpaired) electrons. The molecule has 0 unspecified atom stereocenters. The maximum atomic E-state index is 5.99. The van der Waals surface area contributed by atoms with Gasteiger partial charge in [-0.05, 0) is 17.0 Å². The molecule has 84 valence electrons. The third kappa shape index (κ3) is 2.71. The van der Waals surface area contributed by atoms with Crippen LogP contribution >= 0.6 is 0 Å². The second-order valence-corrected chi connectivity index (χ2v) is 6.13. The Bertz CT molecular complexity index is 354. The lowest BCUT2D eigenvalue weighted by Gasteiger charge is -2.24. The maximum absolute atomic E-state index is 5.99. The molecule has 0 aliphatic heterocycles. The van der Waals surface area contributed by atoms with Crippen molar-refractivity contribution in [1.29, 1.82) is 0 Å². The van der Waals surface area contributed by atoms with Crippen LogP contribution in [0, 0.1) is 0 Å². The summed E-state index contributed by atoms with van der Waals surface area (Å²) in [5.74, 6) is 0.662. The van der Waals surface area contributed by atoms with E-state index in [9.17, 15) is 0 Å². The molecule has 0 amide bonds. The standard InChI is InChI=1S/C13H22N2/c1-12(2,3)9-7-8-10(13(4,5)6)15-11(9)14/h7-8H,1-6H3,(H2,14,15). The topological polar surface area (TPSA) is 38.9 Å². The van der Waals surface area contributed by atoms with Crippen LogP contribution in [0.15, 0.2) is 12.1 Å². The zero-order chi connectivity index (χ0) is 11.9. The van der Waals surface area contributed by atoms with Gasteiger partial charge >= 0.3 is 0 Å². The second-order valence-electron chi connectivity index (χ2n) is 6.13. The molecule has 1 heterocycles. The smallest absolute Gasteiger partial charge is 0.127 e. The maximum Gasteiger partial charge on any atom is 0.127 e. The lowest BCUT2D eigenvalue weighted by molar-refractivity contribution is 0.559. The van der Waals surface area contributed by atoms with Crippen LogP contribution < -0.4 is 5.73 Å². The Hall–Kier alpha value is -1.05. The van der Waals surface area contributed by atoms with Crippen molar-refractivity contribution in [2.75, 3.05) is 5.73 Å². The van der Waals surface area contributed by atoms with Crippen molar-refractivity contribution in [3.63, 3.8) is 0 Å². The van der Waals surface area contributed by atoms with Crippen molar-refractivity contribution >= 4 is 5.82 Å². The van der Waals surface area contributed by atoms with E-state index in [0.29, 0.717) is 5.82 Å². The van der Waals surface area contributed by atoms with Crippen LogP contribution in [-0.2, 0) is 10.8 Å². The van der Waals surface area contributed by atoms with E-state index in [2.05, 4.69) is 58.7 Å². The van der Waals surface area contributed by atoms with Crippen molar-refractivity contribution < 1.29 is 0 Å². The predicted molar refractivity (Wildman–Crippen MR) is 66.0 cm³/mol. The molecule has 2 N–H and O–H groups in total. The first kappa shape index (κ1) is 12.0. The zero-order valence-corrected chi connectivity index (χ0v) is 10.7. The summed E-state index contributed by atoms with van der Waals surface area (Å²) in [6, 6.07) is 4.18. The molecule has 0 atom stereocenters. The van der Waals surface area contributed by atoms with Crippen LogP contribution in [0.5, 0.6) is 0 Å². The zero-order valence-electron chi connectivity index (χ0n) is 10.7. The van der Waals surface area contributed by atoms with Crippen molar-refractivity contribution in [2.24, 2.45) is 0 Å². The van der Waals surface area contributed by atoms with Crippen LogP contribution in [0.3, 0.4) is 0 Å². The van der Waals surface area contributed by atoms with Gasteiger partial charge in [0.15, 0.2) is 0 Å². The van der Waals surface area contributed by atoms with Crippen LogP contribution in [0.25, 0.3) is 0 Å². The van der Waals surface area contributed by atoms with Gasteiger partial charge in [0.25, 0.3) is 0 Å². The minimum Gasteiger partial charge on any atom is -0.383 e. The highest BCUT2D eigenvalue weighted by Crippen LogP contribution is 2.29. The van der Waals surface area contributed by atoms with Gasteiger partial charge in [-0.15, -0.1) is 0 Å². The minimum atomic E-state index is 0.0601. The van der Waals surface area contributed by atoms with Crippen LogP contribution in [0.2, 0.25) is 0 Å². The molecule has 1 aromatic rings. The normalized spacial score (nSPS) is 12.9. The molecule has 0 aliphatic rings. The summed E-state index contributed by atoms with van der Waals surface area (Å²) in [4.78, 5) is 4.49. The van der Waals surface area contributed by atoms with Gasteiger partial charge < -0.3 is 5.73 Å². The van der Waals surface area contributed by atoms with E-state index in [-0.39, 0.29) is 10.8 Å². The Morgan fingerprint density at radius 3 is 1.80 bits per heavy atom. The van der Waals surface area contributed by atoms with E-state index < -0.39 is 0 Å². The first-order chi connectivity index (χ1) is 6.62. The molecular weight excluding hydrogens is 184 g/mol. The van der Waals surface area contributed by atoms with E-state index >= 15 is 0 Å². The van der Waals surface area contributed by atoms with E-state index in [0.717, 1.165) is 11.3 Å². The van der Waals surface area contributed by atoms with Crippen LogP contribution in [-0.4, -0.2) is 4.98 Å². The Balaban J connectivity index is 3.21. The van der Waals surface area contributed by atoms with Crippen LogP contribution in [0.4, 0.5) is 5.82 Å². The van der Waals surface area contributed by atoms with Gasteiger partial charge in [-0.2, -0.15) is 0 Å². The number of anilines is 1. The summed E-state index contributed by atoms with van der Waals surface area (Å²) >= 11 is 0. The summed E-state index contributed by atoms with van der Waals surface area (Å²) < 4.78 is 0. The van der Waals surface area contributed by atoms with Crippen molar-refractivity contribution in [3.05, 3.63) is 23.4 Å². The fraction of sp³-hybridized carbons (Fsp3) is 0.615. The van der Waals surface area contributed by atoms with E-state index in [4.69, 9.17) is 5.73 Å². The molecule has 15 heavy (non-hydrogen) atoms. The second kappa shape index (κ2) is 3.51. The number of hydrogen-bond donors (Lipinski definition) is 1. The molecule has 0 fully saturated rings. The SMILES string of the molecule is CC(C)(C)c1ccc(C(C)(C)C)c(N)n1. The summed E-state index contributed by atoms with van der Waals surface area (Å²) in [5.41, 5.74) is 8.29. The average molecular weight is 206 g/mol. The van der Waals surface area contributed by atoms with Gasteiger partial charge in [-0.1, -0.05) is 47.6 Å². The Morgan fingerprint density at radius 1 is 0.933 bits per heavy atom. The van der Waals surface area contributed by atoms with Crippen molar-refractivity contribution in [3.8, 4) is 0 Å². The lowest BCUT2D eigenvalue weighted by Crippen LogP contribution is -2.19. The first-order valence-corrected chi connectivity index (χ1v) is 5.40. The molecule has 0 bridgehead atoms. The van der Waals surface area contributed by atoms with Crippen molar-refractivity contribution in [2.45, 2.75) is 52.4 Å². The van der Waals surface area contributed by atoms with Gasteiger partial charge in [0.1, 0.15) is 5.82 Å². The van der Waals surface area contributed by atoms with Gasteiger partial charge in [0, 0.05) is 11.1 Å². The number of rotatable bonds is 0. The summed E-state index contributed by atoms with van der Waals surface area (Å²) in [5, 5.41) is 0. The van der Waals surface area contributed by atoms with Gasteiger partial charge in [-0.25, -0.2) is 4.98 Å². The highest BCUT2D eigenvalue weighted by Gasteiger charge is 2.21. The molecule has 0 saturated carbocycles. The summed E-state index contributed by atoms with van der Waals surface area (Å²) in [6.45, 7) is 12.9. The molecular formula is C13H22N2. The highest BCUT2D eigenvalue weighted by atomic mass is 14.9. The Labute approximate surface area is 92.9 Å². The number of hydrogen-bond acceptors (Lipinski definition) is 2. The number of pyridine rings is 1. The monoisotopic (exact) mass is 206 g/mol. The molecule has 1 aromatic heterocycles. The first-order valence-electron chi connectivity index (χ1n) is 5.40. The largest absolute Gasteiger partial charge is 0.383 e. The molecule has 2 nitrogen and oxygen atoms in total. The molecule has 0 aromatic carbocycles.